The summed E-state index contributed by atoms with van der Waals surface area (Å²) in [6.45, 7) is 0.375. The van der Waals surface area contributed by atoms with Crippen LogP contribution in [0, 0.1) is 0 Å². The van der Waals surface area contributed by atoms with E-state index in [9.17, 15) is 18.0 Å². The third-order valence-corrected chi connectivity index (χ3v) is 2.22. The zero-order valence-corrected chi connectivity index (χ0v) is 11.5. The molecule has 1 rings (SSSR count). The van der Waals surface area contributed by atoms with Crippen molar-refractivity contribution in [1.29, 1.82) is 0 Å². The standard InChI is InChI=1S/C11H14F3N3O2.CH5N/c12-11(13,14)19-8-3-4-9(17-10(16)18)7(6-8)2-1-5-15;1-2/h3-4,6H,1-2,5,15H2,(H3,16,17,18);2H2,1H3. The van der Waals surface area contributed by atoms with Crippen molar-refractivity contribution in [3.05, 3.63) is 23.8 Å². The van der Waals surface area contributed by atoms with Crippen molar-refractivity contribution in [2.45, 2.75) is 19.2 Å². The van der Waals surface area contributed by atoms with E-state index in [0.29, 0.717) is 30.6 Å². The molecule has 9 heteroatoms. The minimum atomic E-state index is -4.76. The SMILES string of the molecule is CN.NCCCc1cc(OC(F)(F)F)ccc1NC(N)=O. The molecule has 1 aromatic carbocycles. The third kappa shape index (κ3) is 8.00. The van der Waals surface area contributed by atoms with E-state index in [1.165, 1.54) is 19.2 Å². The molecule has 0 radical (unpaired) electrons. The zero-order chi connectivity index (χ0) is 16.5. The van der Waals surface area contributed by atoms with Crippen LogP contribution in [0.15, 0.2) is 18.2 Å². The van der Waals surface area contributed by atoms with Crippen molar-refractivity contribution >= 4 is 11.7 Å². The van der Waals surface area contributed by atoms with Crippen molar-refractivity contribution in [1.82, 2.24) is 0 Å². The lowest BCUT2D eigenvalue weighted by Crippen LogP contribution is -2.21. The van der Waals surface area contributed by atoms with Crippen molar-refractivity contribution in [3.63, 3.8) is 0 Å². The number of amides is 2. The maximum atomic E-state index is 12.1. The van der Waals surface area contributed by atoms with Gasteiger partial charge in [0.15, 0.2) is 0 Å². The first-order chi connectivity index (χ1) is 9.81. The zero-order valence-electron chi connectivity index (χ0n) is 11.5. The highest BCUT2D eigenvalue weighted by Gasteiger charge is 2.31. The largest absolute Gasteiger partial charge is 0.573 e. The second kappa shape index (κ2) is 9.03. The number of anilines is 1. The quantitative estimate of drug-likeness (QED) is 0.660. The van der Waals surface area contributed by atoms with Gasteiger partial charge < -0.3 is 27.3 Å². The number of halogens is 3. The Morgan fingerprint density at radius 2 is 1.95 bits per heavy atom. The molecule has 0 aromatic heterocycles. The normalized spacial score (nSPS) is 10.4. The predicted octanol–water partition coefficient (Wildman–Crippen LogP) is 1.54. The number of alkyl halides is 3. The second-order valence-corrected chi connectivity index (χ2v) is 3.75. The Kier molecular flexibility index (Phi) is 8.17. The van der Waals surface area contributed by atoms with Gasteiger partial charge in [-0.3, -0.25) is 0 Å². The number of carbonyl (C=O) groups excluding carboxylic acids is 1. The van der Waals surface area contributed by atoms with Gasteiger partial charge in [0.05, 0.1) is 0 Å². The maximum Gasteiger partial charge on any atom is 0.573 e. The monoisotopic (exact) mass is 308 g/mol. The molecule has 21 heavy (non-hydrogen) atoms. The van der Waals surface area contributed by atoms with Gasteiger partial charge in [-0.25, -0.2) is 4.79 Å². The van der Waals surface area contributed by atoms with Crippen LogP contribution < -0.4 is 27.3 Å². The van der Waals surface area contributed by atoms with Crippen LogP contribution in [0.5, 0.6) is 5.75 Å². The summed E-state index contributed by atoms with van der Waals surface area (Å²) in [7, 11) is 1.50. The summed E-state index contributed by atoms with van der Waals surface area (Å²) in [4.78, 5) is 10.8. The van der Waals surface area contributed by atoms with Gasteiger partial charge in [-0.2, -0.15) is 0 Å². The summed E-state index contributed by atoms with van der Waals surface area (Å²) in [6, 6.07) is 2.81. The number of nitrogens with one attached hydrogen (secondary N) is 1. The van der Waals surface area contributed by atoms with Crippen molar-refractivity contribution in [3.8, 4) is 5.75 Å². The van der Waals surface area contributed by atoms with Crippen LogP contribution in [-0.4, -0.2) is 26.0 Å². The summed E-state index contributed by atoms with van der Waals surface area (Å²) in [5.41, 5.74) is 15.6. The molecule has 0 atom stereocenters. The lowest BCUT2D eigenvalue weighted by atomic mass is 10.1. The summed E-state index contributed by atoms with van der Waals surface area (Å²) >= 11 is 0. The smallest absolute Gasteiger partial charge is 0.406 e. The number of primary amides is 1. The van der Waals surface area contributed by atoms with Crippen LogP contribution in [0.25, 0.3) is 0 Å². The number of hydrogen-bond acceptors (Lipinski definition) is 4. The summed E-state index contributed by atoms with van der Waals surface area (Å²) < 4.78 is 40.1. The van der Waals surface area contributed by atoms with Gasteiger partial charge in [-0.1, -0.05) is 0 Å². The first-order valence-electron chi connectivity index (χ1n) is 6.05. The summed E-state index contributed by atoms with van der Waals surface area (Å²) in [5.74, 6) is -0.352. The second-order valence-electron chi connectivity index (χ2n) is 3.75. The van der Waals surface area contributed by atoms with E-state index in [1.807, 2.05) is 0 Å². The molecule has 120 valence electrons. The highest BCUT2D eigenvalue weighted by molar-refractivity contribution is 5.88. The van der Waals surface area contributed by atoms with Crippen molar-refractivity contribution in [2.75, 3.05) is 18.9 Å². The maximum absolute atomic E-state index is 12.1. The lowest BCUT2D eigenvalue weighted by molar-refractivity contribution is -0.274. The van der Waals surface area contributed by atoms with Gasteiger partial charge in [0, 0.05) is 5.69 Å². The van der Waals surface area contributed by atoms with Crippen molar-refractivity contribution < 1.29 is 22.7 Å². The number of carbonyl (C=O) groups is 1. The van der Waals surface area contributed by atoms with Gasteiger partial charge in [-0.15, -0.1) is 13.2 Å². The highest BCUT2D eigenvalue weighted by atomic mass is 19.4. The fourth-order valence-electron chi connectivity index (χ4n) is 1.52. The average Bonchev–Trinajstić information content (AvgIpc) is 2.39. The molecule has 0 bridgehead atoms. The van der Waals surface area contributed by atoms with E-state index in [-0.39, 0.29) is 5.75 Å². The Hall–Kier alpha value is -2.00. The van der Waals surface area contributed by atoms with E-state index in [2.05, 4.69) is 15.8 Å². The third-order valence-electron chi connectivity index (χ3n) is 2.22. The fraction of sp³-hybridized carbons (Fsp3) is 0.417. The van der Waals surface area contributed by atoms with Crippen LogP contribution in [0.2, 0.25) is 0 Å². The molecular formula is C12H19F3N4O2. The molecule has 0 fully saturated rings. The minimum Gasteiger partial charge on any atom is -0.406 e. The van der Waals surface area contributed by atoms with Crippen LogP contribution in [0.3, 0.4) is 0 Å². The van der Waals surface area contributed by atoms with Gasteiger partial charge in [0.2, 0.25) is 0 Å². The molecule has 0 aliphatic rings. The number of aryl methyl sites for hydroxylation is 1. The Morgan fingerprint density at radius 3 is 2.43 bits per heavy atom. The Bertz CT molecular complexity index is 453. The number of rotatable bonds is 5. The molecule has 0 aliphatic carbocycles. The van der Waals surface area contributed by atoms with Crippen molar-refractivity contribution in [2.24, 2.45) is 17.2 Å². The van der Waals surface area contributed by atoms with E-state index in [4.69, 9.17) is 11.5 Å². The Morgan fingerprint density at radius 1 is 1.33 bits per heavy atom. The molecule has 7 N–H and O–H groups in total. The number of ether oxygens (including phenoxy) is 1. The van der Waals surface area contributed by atoms with E-state index in [1.54, 1.807) is 0 Å². The van der Waals surface area contributed by atoms with Gasteiger partial charge in [0.1, 0.15) is 5.75 Å². The molecular weight excluding hydrogens is 289 g/mol. The Balaban J connectivity index is 0.00000191. The number of hydrogen-bond donors (Lipinski definition) is 4. The molecule has 0 heterocycles. The molecule has 0 saturated carbocycles. The van der Waals surface area contributed by atoms with E-state index in [0.717, 1.165) is 6.07 Å². The molecule has 6 nitrogen and oxygen atoms in total. The number of nitrogens with two attached hydrogens (primary N) is 3. The highest BCUT2D eigenvalue weighted by Crippen LogP contribution is 2.27. The topological polar surface area (TPSA) is 116 Å². The van der Waals surface area contributed by atoms with E-state index < -0.39 is 12.4 Å². The number of benzene rings is 1. The van der Waals surface area contributed by atoms with Gasteiger partial charge in [0.25, 0.3) is 0 Å². The molecule has 0 saturated heterocycles. The summed E-state index contributed by atoms with van der Waals surface area (Å²) in [5, 5.41) is 2.33. The summed E-state index contributed by atoms with van der Waals surface area (Å²) in [6.07, 6.45) is -3.80. The Labute approximate surface area is 120 Å². The van der Waals surface area contributed by atoms with Crippen LogP contribution in [-0.2, 0) is 6.42 Å². The lowest BCUT2D eigenvalue weighted by Gasteiger charge is -2.13. The van der Waals surface area contributed by atoms with E-state index >= 15 is 0 Å². The first-order valence-corrected chi connectivity index (χ1v) is 6.05. The predicted molar refractivity (Wildman–Crippen MR) is 73.8 cm³/mol. The van der Waals surface area contributed by atoms with Gasteiger partial charge >= 0.3 is 12.4 Å². The fourth-order valence-corrected chi connectivity index (χ4v) is 1.52. The molecule has 1 aromatic rings. The van der Waals surface area contributed by atoms with Gasteiger partial charge in [-0.05, 0) is 50.2 Å². The molecule has 0 unspecified atom stereocenters. The minimum absolute atomic E-state index is 0.343. The van der Waals surface area contributed by atoms with Crippen LogP contribution in [0.4, 0.5) is 23.7 Å². The molecule has 0 aliphatic heterocycles. The first kappa shape index (κ1) is 19.0. The molecule has 0 spiro atoms. The van der Waals surface area contributed by atoms with Crippen LogP contribution >= 0.6 is 0 Å². The average molecular weight is 308 g/mol. The molecule has 2 amide bonds. The van der Waals surface area contributed by atoms with Crippen LogP contribution in [0.1, 0.15) is 12.0 Å². The number of urea groups is 1.